The Kier molecular flexibility index (Phi) is 6.05. The van der Waals surface area contributed by atoms with E-state index in [1.54, 1.807) is 10.3 Å². The molecule has 0 saturated carbocycles. The fourth-order valence-electron chi connectivity index (χ4n) is 4.19. The molecule has 0 unspecified atom stereocenters. The molecule has 1 fully saturated rings. The van der Waals surface area contributed by atoms with Crippen LogP contribution < -0.4 is 5.32 Å². The van der Waals surface area contributed by atoms with Gasteiger partial charge in [-0.25, -0.2) is 14.4 Å². The molecule has 7 nitrogen and oxygen atoms in total. The van der Waals surface area contributed by atoms with Gasteiger partial charge in [0.2, 0.25) is 5.95 Å². The average molecular weight is 498 g/mol. The number of thiazole rings is 1. The van der Waals surface area contributed by atoms with E-state index in [-0.39, 0.29) is 22.4 Å². The minimum Gasteiger partial charge on any atom is -0.338 e. The van der Waals surface area contributed by atoms with Gasteiger partial charge in [-0.15, -0.1) is 11.3 Å². The van der Waals surface area contributed by atoms with E-state index in [4.69, 9.17) is 11.6 Å². The van der Waals surface area contributed by atoms with Crippen LogP contribution in [0.1, 0.15) is 44.6 Å². The van der Waals surface area contributed by atoms with Gasteiger partial charge in [0.15, 0.2) is 0 Å². The van der Waals surface area contributed by atoms with Gasteiger partial charge in [-0.2, -0.15) is 0 Å². The van der Waals surface area contributed by atoms with Crippen molar-refractivity contribution in [2.75, 3.05) is 18.4 Å². The number of piperidine rings is 1. The van der Waals surface area contributed by atoms with Crippen molar-refractivity contribution in [3.63, 3.8) is 0 Å². The zero-order chi connectivity index (χ0) is 23.8. The van der Waals surface area contributed by atoms with E-state index >= 15 is 0 Å². The van der Waals surface area contributed by atoms with Crippen LogP contribution in [-0.4, -0.2) is 44.3 Å². The number of amides is 2. The molecule has 3 heterocycles. The molecule has 1 aliphatic heterocycles. The fraction of sp³-hybridized carbons (Fsp3) is 0.250. The van der Waals surface area contributed by atoms with E-state index in [1.807, 2.05) is 35.9 Å². The molecule has 1 aliphatic rings. The molecule has 2 amide bonds. The molecular formula is C24H21ClFN5O2S. The first kappa shape index (κ1) is 22.5. The smallest absolute Gasteiger partial charge is 0.277 e. The number of carbonyl (C=O) groups is 2. The van der Waals surface area contributed by atoms with Gasteiger partial charge in [0.05, 0.1) is 26.6 Å². The highest BCUT2D eigenvalue weighted by Gasteiger charge is 2.29. The van der Waals surface area contributed by atoms with Crippen LogP contribution in [0.2, 0.25) is 5.02 Å². The number of benzene rings is 2. The topological polar surface area (TPSA) is 80.1 Å². The number of hydrogen-bond donors (Lipinski definition) is 1. The zero-order valence-electron chi connectivity index (χ0n) is 18.3. The van der Waals surface area contributed by atoms with E-state index in [2.05, 4.69) is 15.3 Å². The molecule has 34 heavy (non-hydrogen) atoms. The number of halogens is 2. The van der Waals surface area contributed by atoms with Crippen molar-refractivity contribution in [2.24, 2.45) is 7.05 Å². The number of rotatable bonds is 4. The largest absolute Gasteiger partial charge is 0.338 e. The number of carbonyl (C=O) groups excluding carboxylic acids is 2. The van der Waals surface area contributed by atoms with Gasteiger partial charge < -0.3 is 9.47 Å². The second-order valence-electron chi connectivity index (χ2n) is 8.17. The quantitative estimate of drug-likeness (QED) is 0.425. The molecule has 0 radical (unpaired) electrons. The van der Waals surface area contributed by atoms with Gasteiger partial charge in [0.1, 0.15) is 11.5 Å². The third-order valence-corrected chi connectivity index (χ3v) is 7.40. The predicted molar refractivity (Wildman–Crippen MR) is 130 cm³/mol. The lowest BCUT2D eigenvalue weighted by Gasteiger charge is -2.31. The highest BCUT2D eigenvalue weighted by atomic mass is 35.5. The van der Waals surface area contributed by atoms with Gasteiger partial charge in [-0.05, 0) is 37.1 Å². The predicted octanol–water partition coefficient (Wildman–Crippen LogP) is 5.09. The number of anilines is 1. The van der Waals surface area contributed by atoms with Crippen LogP contribution in [0, 0.1) is 5.82 Å². The summed E-state index contributed by atoms with van der Waals surface area (Å²) in [5.74, 6) is -0.747. The second-order valence-corrected chi connectivity index (χ2v) is 9.47. The molecule has 0 bridgehead atoms. The summed E-state index contributed by atoms with van der Waals surface area (Å²) in [6, 6.07) is 11.9. The zero-order valence-corrected chi connectivity index (χ0v) is 19.9. The number of fused-ring (bicyclic) bond motifs is 1. The average Bonchev–Trinajstić information content (AvgIpc) is 3.45. The van der Waals surface area contributed by atoms with Gasteiger partial charge in [-0.1, -0.05) is 29.8 Å². The van der Waals surface area contributed by atoms with E-state index < -0.39 is 11.7 Å². The van der Waals surface area contributed by atoms with Crippen molar-refractivity contribution in [2.45, 2.75) is 18.8 Å². The number of para-hydroxylation sites is 2. The number of nitrogens with one attached hydrogen (secondary N) is 1. The molecule has 5 rings (SSSR count). The lowest BCUT2D eigenvalue weighted by Crippen LogP contribution is -2.38. The summed E-state index contributed by atoms with van der Waals surface area (Å²) in [4.78, 5) is 36.2. The SMILES string of the molecule is Cn1c(NC(=O)c2csc(C3CCN(C(=O)c4c(F)cccc4Cl)CC3)n2)nc2ccccc21. The molecule has 10 heteroatoms. The van der Waals surface area contributed by atoms with Crippen molar-refractivity contribution >= 4 is 51.7 Å². The van der Waals surface area contributed by atoms with Crippen LogP contribution in [-0.2, 0) is 7.05 Å². The Labute approximate surface area is 204 Å². The molecule has 4 aromatic rings. The summed E-state index contributed by atoms with van der Waals surface area (Å²) < 4.78 is 16.0. The Morgan fingerprint density at radius 1 is 1.12 bits per heavy atom. The number of hydrogen-bond acceptors (Lipinski definition) is 5. The van der Waals surface area contributed by atoms with E-state index in [9.17, 15) is 14.0 Å². The third kappa shape index (κ3) is 4.17. The number of imidazole rings is 1. The van der Waals surface area contributed by atoms with Crippen molar-refractivity contribution in [3.05, 3.63) is 74.9 Å². The number of likely N-dealkylation sites (tertiary alicyclic amines) is 1. The highest BCUT2D eigenvalue weighted by molar-refractivity contribution is 7.10. The molecule has 0 aliphatic carbocycles. The third-order valence-electron chi connectivity index (χ3n) is 6.08. The summed E-state index contributed by atoms with van der Waals surface area (Å²) in [5, 5.41) is 5.55. The van der Waals surface area contributed by atoms with Crippen molar-refractivity contribution < 1.29 is 14.0 Å². The Balaban J connectivity index is 1.23. The monoisotopic (exact) mass is 497 g/mol. The maximum atomic E-state index is 14.1. The fourth-order valence-corrected chi connectivity index (χ4v) is 5.41. The second kappa shape index (κ2) is 9.15. The standard InChI is InChI=1S/C24H21ClFN5O2S/c1-30-19-8-3-2-7-17(19)28-24(30)29-21(32)18-13-34-22(27-18)14-9-11-31(12-10-14)23(33)20-15(25)5-4-6-16(20)26/h2-8,13-14H,9-12H2,1H3,(H,28,29,32). The lowest BCUT2D eigenvalue weighted by molar-refractivity contribution is 0.0708. The maximum Gasteiger partial charge on any atom is 0.277 e. The Morgan fingerprint density at radius 2 is 1.88 bits per heavy atom. The Hall–Kier alpha value is -3.30. The molecule has 2 aromatic carbocycles. The summed E-state index contributed by atoms with van der Waals surface area (Å²) in [7, 11) is 1.85. The van der Waals surface area contributed by atoms with Crippen LogP contribution in [0.15, 0.2) is 47.8 Å². The van der Waals surface area contributed by atoms with Crippen LogP contribution in [0.4, 0.5) is 10.3 Å². The van der Waals surface area contributed by atoms with Crippen molar-refractivity contribution in [1.82, 2.24) is 19.4 Å². The van der Waals surface area contributed by atoms with Crippen molar-refractivity contribution in [1.29, 1.82) is 0 Å². The molecule has 1 N–H and O–H groups in total. The molecule has 174 valence electrons. The molecule has 1 saturated heterocycles. The highest BCUT2D eigenvalue weighted by Crippen LogP contribution is 2.32. The molecular weight excluding hydrogens is 477 g/mol. The molecule has 0 atom stereocenters. The lowest BCUT2D eigenvalue weighted by atomic mass is 9.97. The van der Waals surface area contributed by atoms with E-state index in [0.717, 1.165) is 16.0 Å². The minimum atomic E-state index is -0.615. The normalized spacial score (nSPS) is 14.5. The summed E-state index contributed by atoms with van der Waals surface area (Å²) >= 11 is 7.48. The Morgan fingerprint density at radius 3 is 2.62 bits per heavy atom. The maximum absolute atomic E-state index is 14.1. The molecule has 2 aromatic heterocycles. The first-order valence-corrected chi connectivity index (χ1v) is 12.1. The van der Waals surface area contributed by atoms with Crippen molar-refractivity contribution in [3.8, 4) is 0 Å². The molecule has 0 spiro atoms. The summed E-state index contributed by atoms with van der Waals surface area (Å²) in [6.07, 6.45) is 1.36. The van der Waals surface area contributed by atoms with E-state index in [0.29, 0.717) is 37.6 Å². The van der Waals surface area contributed by atoms with Gasteiger partial charge in [0, 0.05) is 31.4 Å². The first-order chi connectivity index (χ1) is 16.4. The first-order valence-electron chi connectivity index (χ1n) is 10.8. The summed E-state index contributed by atoms with van der Waals surface area (Å²) in [6.45, 7) is 0.935. The Bertz CT molecular complexity index is 1370. The minimum absolute atomic E-state index is 0.0854. The van der Waals surface area contributed by atoms with Gasteiger partial charge in [-0.3, -0.25) is 14.9 Å². The van der Waals surface area contributed by atoms with Crippen LogP contribution in [0.25, 0.3) is 11.0 Å². The van der Waals surface area contributed by atoms with Gasteiger partial charge >= 0.3 is 0 Å². The van der Waals surface area contributed by atoms with Crippen LogP contribution >= 0.6 is 22.9 Å². The number of nitrogens with zero attached hydrogens (tertiary/aromatic N) is 4. The van der Waals surface area contributed by atoms with Crippen LogP contribution in [0.5, 0.6) is 0 Å². The summed E-state index contributed by atoms with van der Waals surface area (Å²) in [5.41, 5.74) is 1.98. The van der Waals surface area contributed by atoms with Gasteiger partial charge in [0.25, 0.3) is 11.8 Å². The number of aryl methyl sites for hydroxylation is 1. The number of aromatic nitrogens is 3. The van der Waals surface area contributed by atoms with E-state index in [1.165, 1.54) is 29.5 Å². The van der Waals surface area contributed by atoms with Crippen LogP contribution in [0.3, 0.4) is 0 Å².